The number of hydrogen-bond donors (Lipinski definition) is 18. The van der Waals surface area contributed by atoms with E-state index in [0.29, 0.717) is 44.3 Å². The first-order chi connectivity index (χ1) is 36.2. The van der Waals surface area contributed by atoms with Crippen LogP contribution < -0.4 is 83.1 Å². The van der Waals surface area contributed by atoms with Crippen molar-refractivity contribution in [2.24, 2.45) is 50.9 Å². The number of nitrogens with one attached hydrogen (secondary N) is 9. The molecule has 2 rings (SSSR count). The summed E-state index contributed by atoms with van der Waals surface area (Å²) in [5, 5.41) is 35.1. The fourth-order valence-electron chi connectivity index (χ4n) is 7.58. The third kappa shape index (κ3) is 23.4. The molecule has 26 N–H and O–H groups in total. The number of aliphatic hydroxyl groups excluding tert-OH is 1. The number of nitrogens with two attached hydrogens (primary N) is 8. The molecule has 0 radical (unpaired) electrons. The normalized spacial score (nSPS) is 15.9. The van der Waals surface area contributed by atoms with Crippen molar-refractivity contribution in [1.29, 1.82) is 5.41 Å². The molecule has 31 heteroatoms. The van der Waals surface area contributed by atoms with Crippen molar-refractivity contribution in [3.63, 3.8) is 0 Å². The molecule has 1 aromatic rings. The smallest absolute Gasteiger partial charge is 0.269 e. The Bertz CT molecular complexity index is 2190. The molecular weight excluding hydrogens is 997 g/mol. The monoisotopic (exact) mass is 1070 g/mol. The molecule has 10 amide bonds. The number of aliphatic imine (C=N–C) groups is 1. The van der Waals surface area contributed by atoms with Crippen molar-refractivity contribution in [2.75, 3.05) is 45.8 Å². The molecule has 424 valence electrons. The number of primary amides is 2. The summed E-state index contributed by atoms with van der Waals surface area (Å²) in [6.45, 7) is -0.433. The van der Waals surface area contributed by atoms with Crippen LogP contribution >= 0.6 is 0 Å². The van der Waals surface area contributed by atoms with Gasteiger partial charge in [-0.2, -0.15) is 0 Å². The first-order valence-corrected chi connectivity index (χ1v) is 25.0. The molecular formula is C45H78N20O11. The minimum atomic E-state index is -1.69. The first kappa shape index (κ1) is 64.7. The van der Waals surface area contributed by atoms with Gasteiger partial charge in [0.15, 0.2) is 5.96 Å². The van der Waals surface area contributed by atoms with Crippen molar-refractivity contribution >= 4 is 70.7 Å². The molecule has 0 spiro atoms. The van der Waals surface area contributed by atoms with E-state index in [4.69, 9.17) is 51.3 Å². The molecule has 0 bridgehead atoms. The number of unbranched alkanes of at least 4 members (excludes halogenated alkanes) is 2. The number of aromatic nitrogens is 2. The SMILES string of the molecule is N=C(N)NCC/C=C(\NC(=O)[C@H](CCCCN)NC(=O)[C@H](Cc1cnc[nH]1)NC(=O)[C@@H]1CCCN1C(=O)/C(CCCN)=N/C(=O)CNC(=O)[C@H](CCC(N)=O)NC(=O)[C@@H](NC(=O)[C@@H](N)CCCCN)[C@@H](O)CN)C(N)=O. The van der Waals surface area contributed by atoms with E-state index in [1.54, 1.807) is 0 Å². The average molecular weight is 1080 g/mol. The predicted molar refractivity (Wildman–Crippen MR) is 276 cm³/mol. The molecule has 1 aliphatic heterocycles. The Morgan fingerprint density at radius 3 is 2.05 bits per heavy atom. The van der Waals surface area contributed by atoms with Gasteiger partial charge in [0.2, 0.25) is 41.4 Å². The summed E-state index contributed by atoms with van der Waals surface area (Å²) in [6.07, 6.45) is 4.36. The van der Waals surface area contributed by atoms with Gasteiger partial charge in [0.05, 0.1) is 25.0 Å². The molecule has 76 heavy (non-hydrogen) atoms. The quantitative estimate of drug-likeness (QED) is 0.0128. The lowest BCUT2D eigenvalue weighted by molar-refractivity contribution is -0.136. The summed E-state index contributed by atoms with van der Waals surface area (Å²) in [5.74, 6) is -9.23. The highest BCUT2D eigenvalue weighted by Gasteiger charge is 2.39. The number of aromatic amines is 1. The summed E-state index contributed by atoms with van der Waals surface area (Å²) < 4.78 is 0. The standard InChI is InChI=1S/C45H78N20O11/c46-15-3-1-8-26(50)38(70)64-36(33(66)21-49)43(75)62-29(13-14-34(51)67)39(71)57-23-35(68)59-30(10-5-17-48)44(76)65-19-7-12-32(65)42(74)63-31(20-25-22-55-24-58-25)41(73)61-28(9-2-4-16-47)40(72)60-27(37(52)69)11-6-18-56-45(53)54/h11,22,24,26,28-29,31-33,36,66H,1-10,12-21,23,46-50H2,(H2,51,67)(H2,52,69)(H,55,58)(H,57,71)(H,60,72)(H,61,73)(H,62,75)(H,63,74)(H,64,70)(H4,53,54,56)/b27-11-,59-30+/t26-,28-,29-,31-,32-,33-,36-/m0/s1. The number of nitrogens with zero attached hydrogens (tertiary/aromatic N) is 3. The van der Waals surface area contributed by atoms with Crippen molar-refractivity contribution in [3.8, 4) is 0 Å². The molecule has 7 atom stereocenters. The van der Waals surface area contributed by atoms with Crippen LogP contribution in [0.25, 0.3) is 0 Å². The van der Waals surface area contributed by atoms with E-state index < -0.39 is 121 Å². The number of guanidine groups is 1. The van der Waals surface area contributed by atoms with Gasteiger partial charge >= 0.3 is 0 Å². The molecule has 0 aromatic carbocycles. The van der Waals surface area contributed by atoms with Gasteiger partial charge in [-0.1, -0.05) is 12.5 Å². The van der Waals surface area contributed by atoms with Gasteiger partial charge in [-0.05, 0) is 90.3 Å². The Balaban J connectivity index is 2.33. The Morgan fingerprint density at radius 1 is 0.789 bits per heavy atom. The van der Waals surface area contributed by atoms with Crippen molar-refractivity contribution < 1.29 is 53.1 Å². The van der Waals surface area contributed by atoms with E-state index in [0.717, 1.165) is 0 Å². The van der Waals surface area contributed by atoms with E-state index in [1.807, 2.05) is 0 Å². The van der Waals surface area contributed by atoms with Gasteiger partial charge in [0, 0.05) is 44.4 Å². The largest absolute Gasteiger partial charge is 0.389 e. The van der Waals surface area contributed by atoms with Crippen molar-refractivity contribution in [1.82, 2.24) is 52.1 Å². The molecule has 1 aromatic heterocycles. The number of likely N-dealkylation sites (tertiary alicyclic amines) is 1. The third-order valence-electron chi connectivity index (χ3n) is 11.7. The molecule has 0 aliphatic carbocycles. The summed E-state index contributed by atoms with van der Waals surface area (Å²) in [6, 6.07) is -8.11. The Labute approximate surface area is 439 Å². The zero-order chi connectivity index (χ0) is 56.7. The van der Waals surface area contributed by atoms with E-state index >= 15 is 0 Å². The van der Waals surface area contributed by atoms with Gasteiger partial charge in [0.1, 0.15) is 41.6 Å². The van der Waals surface area contributed by atoms with E-state index in [1.165, 1.54) is 23.5 Å². The number of carbonyl (C=O) groups excluding carboxylic acids is 10. The highest BCUT2D eigenvalue weighted by molar-refractivity contribution is 6.40. The number of rotatable bonds is 36. The number of H-pyrrole nitrogens is 1. The highest BCUT2D eigenvalue weighted by atomic mass is 16.3. The summed E-state index contributed by atoms with van der Waals surface area (Å²) >= 11 is 0. The van der Waals surface area contributed by atoms with Crippen LogP contribution in [0, 0.1) is 5.41 Å². The fourth-order valence-corrected chi connectivity index (χ4v) is 7.58. The lowest BCUT2D eigenvalue weighted by atomic mass is 10.1. The Morgan fingerprint density at radius 2 is 1.45 bits per heavy atom. The van der Waals surface area contributed by atoms with E-state index in [9.17, 15) is 53.1 Å². The van der Waals surface area contributed by atoms with Crippen LogP contribution in [0.3, 0.4) is 0 Å². The maximum Gasteiger partial charge on any atom is 0.269 e. The molecule has 1 aliphatic rings. The minimum Gasteiger partial charge on any atom is -0.389 e. The van der Waals surface area contributed by atoms with Crippen LogP contribution in [0.5, 0.6) is 0 Å². The van der Waals surface area contributed by atoms with E-state index in [-0.39, 0.29) is 94.9 Å². The fraction of sp³-hybridized carbons (Fsp3) is 0.622. The van der Waals surface area contributed by atoms with Gasteiger partial charge in [-0.15, -0.1) is 0 Å². The lowest BCUT2D eigenvalue weighted by Gasteiger charge is -2.27. The molecule has 0 saturated carbocycles. The molecule has 1 fully saturated rings. The highest BCUT2D eigenvalue weighted by Crippen LogP contribution is 2.20. The zero-order valence-corrected chi connectivity index (χ0v) is 42.6. The van der Waals surface area contributed by atoms with Gasteiger partial charge in [-0.3, -0.25) is 53.4 Å². The number of carbonyl (C=O) groups is 10. The predicted octanol–water partition coefficient (Wildman–Crippen LogP) is -7.77. The van der Waals surface area contributed by atoms with Gasteiger partial charge in [0.25, 0.3) is 17.7 Å². The second-order valence-corrected chi connectivity index (χ2v) is 17.8. The zero-order valence-electron chi connectivity index (χ0n) is 42.6. The number of aliphatic hydroxyl groups is 1. The topological polar surface area (TPSA) is 551 Å². The van der Waals surface area contributed by atoms with Crippen LogP contribution in [-0.4, -0.2) is 179 Å². The molecule has 2 heterocycles. The molecule has 31 nitrogen and oxygen atoms in total. The first-order valence-electron chi connectivity index (χ1n) is 25.0. The number of amides is 10. The number of hydrogen-bond acceptors (Lipinski definition) is 18. The van der Waals surface area contributed by atoms with Crippen LogP contribution in [0.4, 0.5) is 0 Å². The van der Waals surface area contributed by atoms with Crippen LogP contribution in [0.1, 0.15) is 89.2 Å². The Hall–Kier alpha value is -7.45. The molecule has 1 saturated heterocycles. The second-order valence-electron chi connectivity index (χ2n) is 17.8. The Kier molecular flexibility index (Phi) is 29.7. The third-order valence-corrected chi connectivity index (χ3v) is 11.7. The second kappa shape index (κ2) is 34.9. The summed E-state index contributed by atoms with van der Waals surface area (Å²) in [7, 11) is 0. The maximum atomic E-state index is 14.2. The average Bonchev–Trinajstić information content (AvgIpc) is 4.10. The van der Waals surface area contributed by atoms with Crippen molar-refractivity contribution in [3.05, 3.63) is 30.0 Å². The van der Waals surface area contributed by atoms with Gasteiger partial charge < -0.3 is 98.1 Å². The van der Waals surface area contributed by atoms with Gasteiger partial charge in [-0.25, -0.2) is 9.98 Å². The molecule has 0 unspecified atom stereocenters. The van der Waals surface area contributed by atoms with Crippen LogP contribution in [0.2, 0.25) is 0 Å². The maximum absolute atomic E-state index is 14.2. The minimum absolute atomic E-state index is 0.0343. The summed E-state index contributed by atoms with van der Waals surface area (Å²) in [5.41, 5.74) is 44.4. The van der Waals surface area contributed by atoms with Crippen molar-refractivity contribution in [2.45, 2.75) is 132 Å². The lowest BCUT2D eigenvalue weighted by Crippen LogP contribution is -2.60. The summed E-state index contributed by atoms with van der Waals surface area (Å²) in [4.78, 5) is 145. The van der Waals surface area contributed by atoms with Crippen LogP contribution in [0.15, 0.2) is 29.3 Å². The number of imidazole rings is 1. The van der Waals surface area contributed by atoms with Crippen LogP contribution in [-0.2, 0) is 54.4 Å². The van der Waals surface area contributed by atoms with E-state index in [2.05, 4.69) is 52.2 Å².